The van der Waals surface area contributed by atoms with Gasteiger partial charge in [-0.05, 0) is 37.1 Å². The number of halogens is 2. The third-order valence-electron chi connectivity index (χ3n) is 2.65. The first-order valence-electron chi connectivity index (χ1n) is 5.03. The van der Waals surface area contributed by atoms with Crippen LogP contribution in [0, 0.1) is 19.7 Å². The van der Waals surface area contributed by atoms with Gasteiger partial charge in [0.2, 0.25) is 0 Å². The minimum absolute atomic E-state index is 0.0468. The molecule has 0 bridgehead atoms. The van der Waals surface area contributed by atoms with Crippen molar-refractivity contribution in [1.82, 2.24) is 0 Å². The van der Waals surface area contributed by atoms with E-state index in [1.165, 1.54) is 6.07 Å². The molecule has 16 heavy (non-hydrogen) atoms. The Bertz CT molecular complexity index is 504. The maximum atomic E-state index is 13.2. The van der Waals surface area contributed by atoms with Crippen molar-refractivity contribution in [2.75, 3.05) is 0 Å². The van der Waals surface area contributed by atoms with Crippen molar-refractivity contribution in [1.29, 1.82) is 0 Å². The van der Waals surface area contributed by atoms with E-state index in [2.05, 4.69) is 15.9 Å². The van der Waals surface area contributed by atoms with Crippen LogP contribution in [0.5, 0.6) is 0 Å². The zero-order valence-corrected chi connectivity index (χ0v) is 10.7. The lowest BCUT2D eigenvalue weighted by atomic mass is 10.0. The summed E-state index contributed by atoms with van der Waals surface area (Å²) in [6.07, 6.45) is 1.66. The van der Waals surface area contributed by atoms with Crippen LogP contribution < -0.4 is 0 Å². The summed E-state index contributed by atoms with van der Waals surface area (Å²) in [4.78, 5) is 0.0468. The first-order valence-corrected chi connectivity index (χ1v) is 5.95. The highest BCUT2D eigenvalue weighted by Gasteiger charge is 2.15. The van der Waals surface area contributed by atoms with E-state index in [1.54, 1.807) is 19.3 Å². The van der Waals surface area contributed by atoms with Gasteiger partial charge >= 0.3 is 0 Å². The number of alkyl halides is 1. The van der Waals surface area contributed by atoms with Gasteiger partial charge in [-0.1, -0.05) is 28.1 Å². The van der Waals surface area contributed by atoms with Crippen molar-refractivity contribution in [3.8, 4) is 0 Å². The quantitative estimate of drug-likeness (QED) is 0.738. The molecule has 3 heteroatoms. The Morgan fingerprint density at radius 3 is 2.56 bits per heavy atom. The van der Waals surface area contributed by atoms with Gasteiger partial charge in [-0.2, -0.15) is 0 Å². The molecule has 2 aromatic rings. The van der Waals surface area contributed by atoms with Crippen molar-refractivity contribution in [3.63, 3.8) is 0 Å². The maximum absolute atomic E-state index is 13.2. The average molecular weight is 283 g/mol. The molecule has 0 aliphatic carbocycles. The Kier molecular flexibility index (Phi) is 3.15. The minimum atomic E-state index is -0.174. The molecular formula is C13H12BrFO. The van der Waals surface area contributed by atoms with Crippen LogP contribution in [0.1, 0.15) is 27.3 Å². The standard InChI is InChI=1S/C13H12BrFO/c1-8-7-10(3-4-12(8)15)13(14)11-5-6-16-9(11)2/h3-7,13H,1-2H3. The third-order valence-corrected chi connectivity index (χ3v) is 3.67. The molecular weight excluding hydrogens is 271 g/mol. The molecule has 1 nitrogen and oxygen atoms in total. The summed E-state index contributed by atoms with van der Waals surface area (Å²) in [5.41, 5.74) is 2.76. The molecule has 0 saturated heterocycles. The van der Waals surface area contributed by atoms with Crippen molar-refractivity contribution in [2.24, 2.45) is 0 Å². The summed E-state index contributed by atoms with van der Waals surface area (Å²) in [6.45, 7) is 3.68. The molecule has 0 amide bonds. The predicted octanol–water partition coefficient (Wildman–Crippen LogP) is 4.52. The first-order chi connectivity index (χ1) is 7.59. The topological polar surface area (TPSA) is 13.1 Å². The van der Waals surface area contributed by atoms with Crippen molar-refractivity contribution in [2.45, 2.75) is 18.7 Å². The van der Waals surface area contributed by atoms with Gasteiger partial charge < -0.3 is 4.42 Å². The maximum Gasteiger partial charge on any atom is 0.126 e. The van der Waals surface area contributed by atoms with Crippen LogP contribution in [0.3, 0.4) is 0 Å². The molecule has 0 N–H and O–H groups in total. The average Bonchev–Trinajstić information content (AvgIpc) is 2.67. The van der Waals surface area contributed by atoms with Crippen LogP contribution in [-0.2, 0) is 0 Å². The molecule has 0 spiro atoms. The molecule has 1 unspecified atom stereocenters. The fourth-order valence-electron chi connectivity index (χ4n) is 1.66. The molecule has 1 aromatic carbocycles. The van der Waals surface area contributed by atoms with E-state index in [0.717, 1.165) is 16.9 Å². The smallest absolute Gasteiger partial charge is 0.126 e. The third kappa shape index (κ3) is 2.05. The monoisotopic (exact) mass is 282 g/mol. The van der Waals surface area contributed by atoms with Crippen LogP contribution in [0.15, 0.2) is 34.9 Å². The van der Waals surface area contributed by atoms with Gasteiger partial charge in [-0.3, -0.25) is 0 Å². The lowest BCUT2D eigenvalue weighted by molar-refractivity contribution is 0.530. The Labute approximate surface area is 102 Å². The summed E-state index contributed by atoms with van der Waals surface area (Å²) < 4.78 is 18.4. The van der Waals surface area contributed by atoms with Gasteiger partial charge in [0.25, 0.3) is 0 Å². The molecule has 1 atom stereocenters. The molecule has 0 aliphatic heterocycles. The zero-order valence-electron chi connectivity index (χ0n) is 9.13. The zero-order chi connectivity index (χ0) is 11.7. The minimum Gasteiger partial charge on any atom is -0.469 e. The van der Waals surface area contributed by atoms with E-state index in [-0.39, 0.29) is 10.6 Å². The number of benzene rings is 1. The van der Waals surface area contributed by atoms with E-state index < -0.39 is 0 Å². The second-order valence-corrected chi connectivity index (χ2v) is 4.72. The predicted molar refractivity (Wildman–Crippen MR) is 65.4 cm³/mol. The molecule has 0 aliphatic rings. The van der Waals surface area contributed by atoms with E-state index >= 15 is 0 Å². The van der Waals surface area contributed by atoms with Crippen LogP contribution in [0.4, 0.5) is 4.39 Å². The number of hydrogen-bond acceptors (Lipinski definition) is 1. The van der Waals surface area contributed by atoms with E-state index in [9.17, 15) is 4.39 Å². The molecule has 1 heterocycles. The summed E-state index contributed by atoms with van der Waals surface area (Å²) in [7, 11) is 0. The van der Waals surface area contributed by atoms with Crippen LogP contribution in [0.2, 0.25) is 0 Å². The Hall–Kier alpha value is -1.09. The molecule has 84 valence electrons. The van der Waals surface area contributed by atoms with Crippen LogP contribution in [0.25, 0.3) is 0 Å². The fraction of sp³-hybridized carbons (Fsp3) is 0.231. The van der Waals surface area contributed by atoms with Crippen molar-refractivity contribution < 1.29 is 8.81 Å². The van der Waals surface area contributed by atoms with Crippen LogP contribution in [-0.4, -0.2) is 0 Å². The Morgan fingerprint density at radius 2 is 2.00 bits per heavy atom. The normalized spacial score (nSPS) is 12.8. The molecule has 0 fully saturated rings. The van der Waals surface area contributed by atoms with E-state index in [1.807, 2.05) is 19.1 Å². The number of rotatable bonds is 2. The van der Waals surface area contributed by atoms with Gasteiger partial charge in [0.1, 0.15) is 11.6 Å². The van der Waals surface area contributed by atoms with Gasteiger partial charge in [-0.15, -0.1) is 0 Å². The highest BCUT2D eigenvalue weighted by atomic mass is 79.9. The number of furan rings is 1. The summed E-state index contributed by atoms with van der Waals surface area (Å²) in [5, 5.41) is 0. The largest absolute Gasteiger partial charge is 0.469 e. The van der Waals surface area contributed by atoms with Gasteiger partial charge in [0.05, 0.1) is 11.1 Å². The van der Waals surface area contributed by atoms with E-state index in [4.69, 9.17) is 4.42 Å². The second-order valence-electron chi connectivity index (χ2n) is 3.80. The van der Waals surface area contributed by atoms with Crippen LogP contribution >= 0.6 is 15.9 Å². The van der Waals surface area contributed by atoms with E-state index in [0.29, 0.717) is 5.56 Å². The lowest BCUT2D eigenvalue weighted by Crippen LogP contribution is -1.94. The number of hydrogen-bond donors (Lipinski definition) is 0. The first kappa shape index (κ1) is 11.4. The fourth-order valence-corrected chi connectivity index (χ4v) is 2.42. The van der Waals surface area contributed by atoms with Gasteiger partial charge in [0, 0.05) is 5.56 Å². The highest BCUT2D eigenvalue weighted by Crippen LogP contribution is 2.33. The summed E-state index contributed by atoms with van der Waals surface area (Å²) in [6, 6.07) is 7.05. The van der Waals surface area contributed by atoms with Crippen molar-refractivity contribution >= 4 is 15.9 Å². The van der Waals surface area contributed by atoms with Gasteiger partial charge in [0.15, 0.2) is 0 Å². The SMILES string of the molecule is Cc1cc(C(Br)c2ccoc2C)ccc1F. The Balaban J connectivity index is 2.38. The number of aryl methyl sites for hydroxylation is 2. The Morgan fingerprint density at radius 1 is 1.25 bits per heavy atom. The lowest BCUT2D eigenvalue weighted by Gasteiger charge is -2.10. The second kappa shape index (κ2) is 4.42. The molecule has 2 rings (SSSR count). The molecule has 0 radical (unpaired) electrons. The molecule has 1 aromatic heterocycles. The molecule has 0 saturated carbocycles. The highest BCUT2D eigenvalue weighted by molar-refractivity contribution is 9.09. The summed E-state index contributed by atoms with van der Waals surface area (Å²) in [5.74, 6) is 0.705. The summed E-state index contributed by atoms with van der Waals surface area (Å²) >= 11 is 3.60. The van der Waals surface area contributed by atoms with Gasteiger partial charge in [-0.25, -0.2) is 4.39 Å². The van der Waals surface area contributed by atoms with Crippen molar-refractivity contribution in [3.05, 3.63) is 58.8 Å².